The van der Waals surface area contributed by atoms with Gasteiger partial charge < -0.3 is 0 Å². The quantitative estimate of drug-likeness (QED) is 0.461. The van der Waals surface area contributed by atoms with Gasteiger partial charge in [0, 0.05) is 5.88 Å². The average molecular weight is 203 g/mol. The highest BCUT2D eigenvalue weighted by Crippen LogP contribution is 2.35. The molecular weight excluding hydrogens is 180 g/mol. The molecule has 13 heavy (non-hydrogen) atoms. The van der Waals surface area contributed by atoms with Gasteiger partial charge in [-0.2, -0.15) is 0 Å². The maximum absolute atomic E-state index is 5.58. The monoisotopic (exact) mass is 202 g/mol. The van der Waals surface area contributed by atoms with Gasteiger partial charge >= 0.3 is 0 Å². The normalized spacial score (nSPS) is 14.0. The van der Waals surface area contributed by atoms with E-state index in [1.807, 2.05) is 6.08 Å². The van der Waals surface area contributed by atoms with E-state index in [4.69, 9.17) is 11.6 Å². The molecule has 0 spiro atoms. The molecule has 0 nitrogen and oxygen atoms in total. The van der Waals surface area contributed by atoms with Gasteiger partial charge in [0.1, 0.15) is 0 Å². The maximum atomic E-state index is 5.58. The van der Waals surface area contributed by atoms with E-state index in [2.05, 4.69) is 40.7 Å². The summed E-state index contributed by atoms with van der Waals surface area (Å²) in [6.07, 6.45) is 6.59. The predicted octanol–water partition coefficient (Wildman–Crippen LogP) is 4.63. The van der Waals surface area contributed by atoms with Crippen molar-refractivity contribution in [2.24, 2.45) is 10.8 Å². The summed E-state index contributed by atoms with van der Waals surface area (Å²) in [5, 5.41) is 0. The average Bonchev–Trinajstić information content (AvgIpc) is 1.81. The summed E-state index contributed by atoms with van der Waals surface area (Å²) in [5.74, 6) is 0.631. The second kappa shape index (κ2) is 5.05. The van der Waals surface area contributed by atoms with E-state index in [1.54, 1.807) is 0 Å². The topological polar surface area (TPSA) is 0 Å². The van der Waals surface area contributed by atoms with E-state index in [9.17, 15) is 0 Å². The number of alkyl halides is 1. The molecule has 0 bridgehead atoms. The number of hydrogen-bond donors (Lipinski definition) is 0. The predicted molar refractivity (Wildman–Crippen MR) is 62.3 cm³/mol. The summed E-state index contributed by atoms with van der Waals surface area (Å²) in [6.45, 7) is 11.5. The van der Waals surface area contributed by atoms with Crippen molar-refractivity contribution in [2.45, 2.75) is 47.5 Å². The maximum Gasteiger partial charge on any atom is 0.0404 e. The van der Waals surface area contributed by atoms with Gasteiger partial charge in [-0.15, -0.1) is 11.6 Å². The Morgan fingerprint density at radius 1 is 1.00 bits per heavy atom. The minimum atomic E-state index is 0.390. The van der Waals surface area contributed by atoms with Crippen LogP contribution in [0.5, 0.6) is 0 Å². The lowest BCUT2D eigenvalue weighted by atomic mass is 9.74. The van der Waals surface area contributed by atoms with E-state index in [0.29, 0.717) is 16.7 Å². The van der Waals surface area contributed by atoms with Gasteiger partial charge in [0.15, 0.2) is 0 Å². The molecule has 0 aromatic rings. The first-order chi connectivity index (χ1) is 5.77. The van der Waals surface area contributed by atoms with Gasteiger partial charge in [0.2, 0.25) is 0 Å². The smallest absolute Gasteiger partial charge is 0.0404 e. The van der Waals surface area contributed by atoms with Crippen LogP contribution in [0, 0.1) is 10.8 Å². The van der Waals surface area contributed by atoms with Crippen LogP contribution in [0.4, 0.5) is 0 Å². The fourth-order valence-electron chi connectivity index (χ4n) is 1.97. The Kier molecular flexibility index (Phi) is 5.06. The number of halogens is 1. The second-order valence-corrected chi connectivity index (χ2v) is 6.04. The zero-order valence-corrected chi connectivity index (χ0v) is 10.4. The van der Waals surface area contributed by atoms with Crippen LogP contribution in [-0.2, 0) is 0 Å². The standard InChI is InChI=1S/C12H23Cl/c1-11(2,3)10-12(4,5)8-6-7-9-13/h6-7H,8-10H2,1-5H3/b7-6+. The Morgan fingerprint density at radius 3 is 1.92 bits per heavy atom. The molecule has 0 heterocycles. The molecule has 0 aliphatic heterocycles. The molecule has 0 atom stereocenters. The van der Waals surface area contributed by atoms with Crippen molar-refractivity contribution in [3.63, 3.8) is 0 Å². The van der Waals surface area contributed by atoms with Crippen molar-refractivity contribution in [1.29, 1.82) is 0 Å². The molecule has 0 aliphatic rings. The zero-order chi connectivity index (χ0) is 10.5. The first-order valence-electron chi connectivity index (χ1n) is 4.98. The van der Waals surface area contributed by atoms with Crippen LogP contribution in [0.15, 0.2) is 12.2 Å². The Balaban J connectivity index is 4.01. The lowest BCUT2D eigenvalue weighted by Crippen LogP contribution is -2.19. The highest BCUT2D eigenvalue weighted by Gasteiger charge is 2.23. The first-order valence-corrected chi connectivity index (χ1v) is 5.51. The largest absolute Gasteiger partial charge is 0.122 e. The molecule has 0 saturated carbocycles. The van der Waals surface area contributed by atoms with Crippen LogP contribution < -0.4 is 0 Å². The molecule has 0 aromatic heterocycles. The fraction of sp³-hybridized carbons (Fsp3) is 0.833. The summed E-state index contributed by atoms with van der Waals surface area (Å²) in [5.41, 5.74) is 0.805. The number of allylic oxidation sites excluding steroid dienone is 2. The molecule has 0 radical (unpaired) electrons. The van der Waals surface area contributed by atoms with Crippen LogP contribution in [0.3, 0.4) is 0 Å². The minimum Gasteiger partial charge on any atom is -0.122 e. The van der Waals surface area contributed by atoms with E-state index in [-0.39, 0.29) is 0 Å². The van der Waals surface area contributed by atoms with Crippen LogP contribution >= 0.6 is 11.6 Å². The van der Waals surface area contributed by atoms with Crippen molar-refractivity contribution >= 4 is 11.6 Å². The molecule has 0 aromatic carbocycles. The van der Waals surface area contributed by atoms with Crippen LogP contribution in [0.1, 0.15) is 47.5 Å². The van der Waals surface area contributed by atoms with E-state index >= 15 is 0 Å². The minimum absolute atomic E-state index is 0.390. The second-order valence-electron chi connectivity index (χ2n) is 5.73. The molecule has 0 aliphatic carbocycles. The Bertz CT molecular complexity index is 160. The van der Waals surface area contributed by atoms with E-state index in [0.717, 1.165) is 6.42 Å². The fourth-order valence-corrected chi connectivity index (χ4v) is 2.10. The molecule has 0 N–H and O–H groups in total. The number of hydrogen-bond acceptors (Lipinski definition) is 0. The molecule has 0 fully saturated rings. The van der Waals surface area contributed by atoms with Gasteiger partial charge in [0.05, 0.1) is 0 Å². The van der Waals surface area contributed by atoms with Crippen LogP contribution in [-0.4, -0.2) is 5.88 Å². The molecule has 1 heteroatoms. The highest BCUT2D eigenvalue weighted by molar-refractivity contribution is 6.18. The Hall–Kier alpha value is 0.0300. The van der Waals surface area contributed by atoms with Gasteiger partial charge in [-0.05, 0) is 23.7 Å². The van der Waals surface area contributed by atoms with E-state index < -0.39 is 0 Å². The van der Waals surface area contributed by atoms with Crippen molar-refractivity contribution in [3.05, 3.63) is 12.2 Å². The van der Waals surface area contributed by atoms with Crippen molar-refractivity contribution in [1.82, 2.24) is 0 Å². The Morgan fingerprint density at radius 2 is 1.54 bits per heavy atom. The van der Waals surface area contributed by atoms with Crippen molar-refractivity contribution in [3.8, 4) is 0 Å². The van der Waals surface area contributed by atoms with E-state index in [1.165, 1.54) is 6.42 Å². The summed E-state index contributed by atoms with van der Waals surface area (Å²) in [4.78, 5) is 0. The van der Waals surface area contributed by atoms with Gasteiger partial charge in [-0.25, -0.2) is 0 Å². The third kappa shape index (κ3) is 8.36. The van der Waals surface area contributed by atoms with Gasteiger partial charge in [0.25, 0.3) is 0 Å². The summed E-state index contributed by atoms with van der Waals surface area (Å²) < 4.78 is 0. The molecule has 0 unspecified atom stereocenters. The van der Waals surface area contributed by atoms with Crippen molar-refractivity contribution < 1.29 is 0 Å². The molecule has 0 saturated heterocycles. The third-order valence-corrected chi connectivity index (χ3v) is 2.11. The van der Waals surface area contributed by atoms with Gasteiger partial charge in [-0.1, -0.05) is 46.8 Å². The molecule has 0 rings (SSSR count). The molecular formula is C12H23Cl. The highest BCUT2D eigenvalue weighted by atomic mass is 35.5. The SMILES string of the molecule is CC(C)(C)CC(C)(C)C/C=C/CCl. The van der Waals surface area contributed by atoms with Gasteiger partial charge in [-0.3, -0.25) is 0 Å². The third-order valence-electron chi connectivity index (χ3n) is 1.94. The zero-order valence-electron chi connectivity index (χ0n) is 9.65. The lowest BCUT2D eigenvalue weighted by Gasteiger charge is -2.31. The summed E-state index contributed by atoms with van der Waals surface area (Å²) >= 11 is 5.58. The van der Waals surface area contributed by atoms with Crippen LogP contribution in [0.2, 0.25) is 0 Å². The van der Waals surface area contributed by atoms with Crippen LogP contribution in [0.25, 0.3) is 0 Å². The van der Waals surface area contributed by atoms with Crippen molar-refractivity contribution in [2.75, 3.05) is 5.88 Å². The first kappa shape index (κ1) is 13.0. The summed E-state index contributed by atoms with van der Waals surface area (Å²) in [7, 11) is 0. The molecule has 78 valence electrons. The summed E-state index contributed by atoms with van der Waals surface area (Å²) in [6, 6.07) is 0. The lowest BCUT2D eigenvalue weighted by molar-refractivity contribution is 0.215. The molecule has 0 amide bonds. The number of rotatable bonds is 4. The Labute approximate surface area is 88.4 Å².